The van der Waals surface area contributed by atoms with Crippen LogP contribution in [0.3, 0.4) is 0 Å². The van der Waals surface area contributed by atoms with Crippen molar-refractivity contribution in [3.63, 3.8) is 0 Å². The monoisotopic (exact) mass is 346 g/mol. The van der Waals surface area contributed by atoms with Crippen molar-refractivity contribution in [1.29, 1.82) is 0 Å². The molecule has 0 spiro atoms. The molecule has 25 heavy (non-hydrogen) atoms. The molecular weight excluding hydrogens is 324 g/mol. The molecule has 1 heterocycles. The number of hydrogen-bond donors (Lipinski definition) is 3. The van der Waals surface area contributed by atoms with Gasteiger partial charge in [-0.1, -0.05) is 0 Å². The van der Waals surface area contributed by atoms with Crippen LogP contribution in [0.2, 0.25) is 0 Å². The number of amides is 2. The van der Waals surface area contributed by atoms with Crippen LogP contribution < -0.4 is 10.6 Å². The summed E-state index contributed by atoms with van der Waals surface area (Å²) in [5.74, 6) is -1.92. The van der Waals surface area contributed by atoms with E-state index in [1.54, 1.807) is 12.1 Å². The average molecular weight is 346 g/mol. The molecule has 1 saturated heterocycles. The Morgan fingerprint density at radius 3 is 2.20 bits per heavy atom. The maximum atomic E-state index is 12.4. The molecule has 1 saturated carbocycles. The number of aliphatic carboxylic acids is 1. The van der Waals surface area contributed by atoms with E-state index in [2.05, 4.69) is 10.6 Å². The van der Waals surface area contributed by atoms with Crippen LogP contribution in [0.4, 0.5) is 0 Å². The first-order chi connectivity index (χ1) is 12.0. The van der Waals surface area contributed by atoms with E-state index in [-0.39, 0.29) is 17.9 Å². The van der Waals surface area contributed by atoms with Crippen LogP contribution in [-0.4, -0.2) is 48.2 Å². The molecule has 1 aromatic carbocycles. The summed E-state index contributed by atoms with van der Waals surface area (Å²) in [6, 6.07) is 5.51. The van der Waals surface area contributed by atoms with Crippen molar-refractivity contribution in [3.05, 3.63) is 35.4 Å². The van der Waals surface area contributed by atoms with Gasteiger partial charge in [-0.15, -0.1) is 0 Å². The fraction of sp³-hybridized carbons (Fsp3) is 0.500. The molecule has 2 aliphatic rings. The molecule has 3 N–H and O–H groups in total. The second kappa shape index (κ2) is 7.65. The molecule has 134 valence electrons. The summed E-state index contributed by atoms with van der Waals surface area (Å²) in [6.45, 7) is 0.957. The normalized spacial score (nSPS) is 21.2. The van der Waals surface area contributed by atoms with Gasteiger partial charge in [0.1, 0.15) is 6.04 Å². The summed E-state index contributed by atoms with van der Waals surface area (Å²) < 4.78 is 5.32. The van der Waals surface area contributed by atoms with Crippen molar-refractivity contribution in [1.82, 2.24) is 10.6 Å². The Bertz CT molecular complexity index is 648. The van der Waals surface area contributed by atoms with Crippen LogP contribution >= 0.6 is 0 Å². The van der Waals surface area contributed by atoms with Gasteiger partial charge in [-0.2, -0.15) is 0 Å². The fourth-order valence-corrected chi connectivity index (χ4v) is 2.90. The molecule has 2 atom stereocenters. The van der Waals surface area contributed by atoms with Crippen molar-refractivity contribution in [2.24, 2.45) is 5.92 Å². The first-order valence-electron chi connectivity index (χ1n) is 8.57. The number of carbonyl (C=O) groups excluding carboxylic acids is 2. The zero-order valence-electron chi connectivity index (χ0n) is 13.9. The van der Waals surface area contributed by atoms with Gasteiger partial charge < -0.3 is 20.5 Å². The van der Waals surface area contributed by atoms with Gasteiger partial charge >= 0.3 is 5.97 Å². The third kappa shape index (κ3) is 4.57. The molecule has 1 aliphatic heterocycles. The summed E-state index contributed by atoms with van der Waals surface area (Å²) >= 11 is 0. The zero-order valence-corrected chi connectivity index (χ0v) is 13.9. The Labute approximate surface area is 145 Å². The van der Waals surface area contributed by atoms with Crippen LogP contribution in [-0.2, 0) is 9.53 Å². The number of hydrogen-bond acceptors (Lipinski definition) is 4. The lowest BCUT2D eigenvalue weighted by Gasteiger charge is -2.28. The van der Waals surface area contributed by atoms with Crippen LogP contribution in [0.5, 0.6) is 0 Å². The number of carboxylic acid groups (broad SMARTS) is 1. The van der Waals surface area contributed by atoms with Gasteiger partial charge in [-0.25, -0.2) is 4.79 Å². The number of carbonyl (C=O) groups is 3. The van der Waals surface area contributed by atoms with E-state index in [9.17, 15) is 19.5 Å². The molecule has 1 aromatic rings. The fourth-order valence-electron chi connectivity index (χ4n) is 2.90. The van der Waals surface area contributed by atoms with Gasteiger partial charge in [0, 0.05) is 29.7 Å². The van der Waals surface area contributed by atoms with E-state index in [1.165, 1.54) is 12.1 Å². The highest BCUT2D eigenvalue weighted by Crippen LogP contribution is 2.20. The molecule has 0 bridgehead atoms. The largest absolute Gasteiger partial charge is 0.480 e. The minimum atomic E-state index is -1.07. The SMILES string of the molecule is O=C(NC1CC1)c1ccc(C(=O)NC(C(=O)O)C2CCCOC2)cc1. The van der Waals surface area contributed by atoms with Crippen LogP contribution in [0, 0.1) is 5.92 Å². The van der Waals surface area contributed by atoms with E-state index >= 15 is 0 Å². The predicted molar refractivity (Wildman–Crippen MR) is 89.4 cm³/mol. The second-order valence-corrected chi connectivity index (χ2v) is 6.59. The number of benzene rings is 1. The van der Waals surface area contributed by atoms with Gasteiger partial charge in [0.2, 0.25) is 0 Å². The molecule has 0 radical (unpaired) electrons. The van der Waals surface area contributed by atoms with Crippen molar-refractivity contribution in [3.8, 4) is 0 Å². The third-order valence-electron chi connectivity index (χ3n) is 4.54. The van der Waals surface area contributed by atoms with E-state index in [1.807, 2.05) is 0 Å². The Morgan fingerprint density at radius 2 is 1.68 bits per heavy atom. The summed E-state index contributed by atoms with van der Waals surface area (Å²) in [5.41, 5.74) is 0.810. The highest BCUT2D eigenvalue weighted by Gasteiger charge is 2.31. The quantitative estimate of drug-likeness (QED) is 0.718. The Hall–Kier alpha value is -2.41. The summed E-state index contributed by atoms with van der Waals surface area (Å²) in [6.07, 6.45) is 3.51. The first kappa shape index (κ1) is 17.4. The maximum absolute atomic E-state index is 12.4. The number of rotatable bonds is 6. The molecule has 1 aliphatic carbocycles. The molecule has 3 rings (SSSR count). The van der Waals surface area contributed by atoms with Crippen LogP contribution in [0.15, 0.2) is 24.3 Å². The van der Waals surface area contributed by atoms with E-state index < -0.39 is 17.9 Å². The van der Waals surface area contributed by atoms with Gasteiger partial charge in [0.15, 0.2) is 0 Å². The van der Waals surface area contributed by atoms with E-state index in [0.29, 0.717) is 30.8 Å². The highest BCUT2D eigenvalue weighted by atomic mass is 16.5. The van der Waals surface area contributed by atoms with Crippen molar-refractivity contribution < 1.29 is 24.2 Å². The van der Waals surface area contributed by atoms with Gasteiger partial charge in [0.25, 0.3) is 11.8 Å². The topological polar surface area (TPSA) is 105 Å². The van der Waals surface area contributed by atoms with Crippen molar-refractivity contribution in [2.75, 3.05) is 13.2 Å². The lowest BCUT2D eigenvalue weighted by molar-refractivity contribution is -0.142. The van der Waals surface area contributed by atoms with Crippen molar-refractivity contribution in [2.45, 2.75) is 37.8 Å². The van der Waals surface area contributed by atoms with E-state index in [0.717, 1.165) is 19.3 Å². The Balaban J connectivity index is 1.62. The molecule has 0 aromatic heterocycles. The van der Waals surface area contributed by atoms with E-state index in [4.69, 9.17) is 4.74 Å². The molecule has 2 amide bonds. The molecule has 7 nitrogen and oxygen atoms in total. The molecular formula is C18H22N2O5. The summed E-state index contributed by atoms with van der Waals surface area (Å²) in [7, 11) is 0. The zero-order chi connectivity index (χ0) is 17.8. The third-order valence-corrected chi connectivity index (χ3v) is 4.54. The van der Waals surface area contributed by atoms with Crippen LogP contribution in [0.25, 0.3) is 0 Å². The maximum Gasteiger partial charge on any atom is 0.326 e. The standard InChI is InChI=1S/C18H22N2O5/c21-16(19-14-7-8-14)11-3-5-12(6-4-11)17(22)20-15(18(23)24)13-2-1-9-25-10-13/h3-6,13-15H,1-2,7-10H2,(H,19,21)(H,20,22)(H,23,24). The van der Waals surface area contributed by atoms with Crippen molar-refractivity contribution >= 4 is 17.8 Å². The second-order valence-electron chi connectivity index (χ2n) is 6.59. The average Bonchev–Trinajstić information content (AvgIpc) is 3.44. The molecule has 7 heteroatoms. The lowest BCUT2D eigenvalue weighted by atomic mass is 9.93. The minimum Gasteiger partial charge on any atom is -0.480 e. The van der Waals surface area contributed by atoms with Gasteiger partial charge in [-0.3, -0.25) is 9.59 Å². The number of ether oxygens (including phenoxy) is 1. The smallest absolute Gasteiger partial charge is 0.326 e. The summed E-state index contributed by atoms with van der Waals surface area (Å²) in [4.78, 5) is 35.8. The lowest BCUT2D eigenvalue weighted by Crippen LogP contribution is -2.48. The highest BCUT2D eigenvalue weighted by molar-refractivity contribution is 5.99. The number of nitrogens with one attached hydrogen (secondary N) is 2. The first-order valence-corrected chi connectivity index (χ1v) is 8.57. The Kier molecular flexibility index (Phi) is 5.33. The minimum absolute atomic E-state index is 0.155. The summed E-state index contributed by atoms with van der Waals surface area (Å²) in [5, 5.41) is 14.9. The van der Waals surface area contributed by atoms with Gasteiger partial charge in [-0.05, 0) is 49.9 Å². The predicted octanol–water partition coefficient (Wildman–Crippen LogP) is 1.19. The van der Waals surface area contributed by atoms with Crippen LogP contribution in [0.1, 0.15) is 46.4 Å². The molecule has 2 fully saturated rings. The Morgan fingerprint density at radius 1 is 1.04 bits per heavy atom. The van der Waals surface area contributed by atoms with Gasteiger partial charge in [0.05, 0.1) is 6.61 Å². The number of carboxylic acids is 1. The molecule has 2 unspecified atom stereocenters.